The van der Waals surface area contributed by atoms with E-state index in [9.17, 15) is 0 Å². The van der Waals surface area contributed by atoms with E-state index in [1.54, 1.807) is 13.3 Å². The van der Waals surface area contributed by atoms with Gasteiger partial charge < -0.3 is 4.74 Å². The minimum absolute atomic E-state index is 0.234. The number of benzene rings is 1. The molecule has 0 unspecified atom stereocenters. The van der Waals surface area contributed by atoms with Crippen LogP contribution in [-0.2, 0) is 17.9 Å². The van der Waals surface area contributed by atoms with Gasteiger partial charge in [-0.2, -0.15) is 0 Å². The van der Waals surface area contributed by atoms with Crippen molar-refractivity contribution in [3.8, 4) is 5.69 Å². The monoisotopic (exact) mass is 363 g/mol. The predicted octanol–water partition coefficient (Wildman–Crippen LogP) is 3.54. The van der Waals surface area contributed by atoms with E-state index in [1.807, 2.05) is 23.0 Å². The normalized spacial score (nSPS) is 17.9. The zero-order chi connectivity index (χ0) is 18.5. The third-order valence-electron chi connectivity index (χ3n) is 4.98. The molecule has 0 aliphatic carbocycles. The van der Waals surface area contributed by atoms with E-state index in [0.717, 1.165) is 31.0 Å². The van der Waals surface area contributed by atoms with Crippen molar-refractivity contribution in [1.82, 2.24) is 24.6 Å². The van der Waals surface area contributed by atoms with Gasteiger partial charge in [-0.25, -0.2) is 9.67 Å². The maximum atomic E-state index is 5.27. The van der Waals surface area contributed by atoms with Crippen molar-refractivity contribution >= 4 is 0 Å². The highest BCUT2D eigenvalue weighted by molar-refractivity contribution is 5.29. The summed E-state index contributed by atoms with van der Waals surface area (Å²) >= 11 is 0. The lowest BCUT2D eigenvalue weighted by Crippen LogP contribution is -2.34. The largest absolute Gasteiger partial charge is 0.377 e. The third-order valence-corrected chi connectivity index (χ3v) is 4.98. The number of aromatic nitrogens is 4. The molecule has 140 valence electrons. The van der Waals surface area contributed by atoms with Gasteiger partial charge in [-0.15, -0.1) is 5.10 Å². The Morgan fingerprint density at radius 2 is 2.00 bits per heavy atom. The quantitative estimate of drug-likeness (QED) is 0.670. The van der Waals surface area contributed by atoms with Crippen molar-refractivity contribution in [1.29, 1.82) is 0 Å². The molecule has 0 radical (unpaired) electrons. The van der Waals surface area contributed by atoms with E-state index >= 15 is 0 Å². The summed E-state index contributed by atoms with van der Waals surface area (Å²) in [6.07, 6.45) is 7.11. The van der Waals surface area contributed by atoms with Crippen LogP contribution in [0.4, 0.5) is 0 Å². The Bertz CT molecular complexity index is 850. The molecule has 1 fully saturated rings. The lowest BCUT2D eigenvalue weighted by molar-refractivity contribution is 0.131. The average Bonchev–Trinajstić information content (AvgIpc) is 3.14. The molecular weight excluding hydrogens is 338 g/mol. The second-order valence-corrected chi connectivity index (χ2v) is 6.91. The van der Waals surface area contributed by atoms with Crippen molar-refractivity contribution in [3.05, 3.63) is 72.1 Å². The zero-order valence-electron chi connectivity index (χ0n) is 15.7. The molecule has 1 aliphatic heterocycles. The van der Waals surface area contributed by atoms with Gasteiger partial charge >= 0.3 is 0 Å². The van der Waals surface area contributed by atoms with Crippen molar-refractivity contribution in [2.24, 2.45) is 0 Å². The summed E-state index contributed by atoms with van der Waals surface area (Å²) in [7, 11) is 1.67. The Morgan fingerprint density at radius 3 is 2.78 bits per heavy atom. The minimum atomic E-state index is 0.234. The van der Waals surface area contributed by atoms with Crippen LogP contribution < -0.4 is 0 Å². The van der Waals surface area contributed by atoms with Gasteiger partial charge in [0.15, 0.2) is 5.82 Å². The highest BCUT2D eigenvalue weighted by Gasteiger charge is 2.29. The first-order chi connectivity index (χ1) is 13.3. The van der Waals surface area contributed by atoms with Gasteiger partial charge in [-0.1, -0.05) is 36.8 Å². The average molecular weight is 363 g/mol. The van der Waals surface area contributed by atoms with Gasteiger partial charge in [0.2, 0.25) is 0 Å². The molecule has 0 spiro atoms. The van der Waals surface area contributed by atoms with Crippen LogP contribution in [0.15, 0.2) is 54.9 Å². The smallest absolute Gasteiger partial charge is 0.177 e. The Kier molecular flexibility index (Phi) is 5.55. The molecule has 1 saturated heterocycles. The Hall–Kier alpha value is -2.57. The van der Waals surface area contributed by atoms with Gasteiger partial charge in [0.05, 0.1) is 17.9 Å². The fourth-order valence-electron chi connectivity index (χ4n) is 3.73. The number of methoxy groups -OCH3 is 1. The van der Waals surface area contributed by atoms with E-state index in [0.29, 0.717) is 12.4 Å². The number of likely N-dealkylation sites (tertiary alicyclic amines) is 1. The molecule has 4 rings (SSSR count). The fraction of sp³-hybridized carbons (Fsp3) is 0.381. The highest BCUT2D eigenvalue weighted by atomic mass is 16.5. The summed E-state index contributed by atoms with van der Waals surface area (Å²) in [5, 5.41) is 4.70. The number of rotatable bonds is 6. The molecule has 3 aromatic rings. The van der Waals surface area contributed by atoms with Crippen LogP contribution in [-0.4, -0.2) is 38.3 Å². The molecule has 1 aromatic carbocycles. The van der Waals surface area contributed by atoms with E-state index in [1.165, 1.54) is 18.4 Å². The summed E-state index contributed by atoms with van der Waals surface area (Å²) in [5.41, 5.74) is 2.27. The molecule has 6 heteroatoms. The standard InChI is InChI=1S/C21H25N5O/c1-27-16-20-23-21(26(24-20)18-10-7-12-22-14-18)19-11-5-6-13-25(19)15-17-8-3-2-4-9-17/h2-4,7-10,12,14,19H,5-6,11,13,15-16H2,1H3/t19-/m1/s1. The van der Waals surface area contributed by atoms with Gasteiger partial charge in [-0.3, -0.25) is 9.88 Å². The molecule has 0 saturated carbocycles. The first-order valence-corrected chi connectivity index (χ1v) is 9.48. The highest BCUT2D eigenvalue weighted by Crippen LogP contribution is 2.32. The van der Waals surface area contributed by atoms with Crippen molar-refractivity contribution in [3.63, 3.8) is 0 Å². The molecule has 1 atom stereocenters. The molecule has 3 heterocycles. The zero-order valence-corrected chi connectivity index (χ0v) is 15.7. The second-order valence-electron chi connectivity index (χ2n) is 6.91. The summed E-state index contributed by atoms with van der Waals surface area (Å²) in [4.78, 5) is 11.6. The minimum Gasteiger partial charge on any atom is -0.377 e. The van der Waals surface area contributed by atoms with Crippen molar-refractivity contribution < 1.29 is 4.74 Å². The number of pyridine rings is 1. The van der Waals surface area contributed by atoms with Crippen LogP contribution in [0, 0.1) is 0 Å². The Balaban J connectivity index is 1.69. The maximum Gasteiger partial charge on any atom is 0.177 e. The van der Waals surface area contributed by atoms with Crippen molar-refractivity contribution in [2.75, 3.05) is 13.7 Å². The third kappa shape index (κ3) is 4.07. The van der Waals surface area contributed by atoms with Gasteiger partial charge in [0.25, 0.3) is 0 Å². The first-order valence-electron chi connectivity index (χ1n) is 9.48. The van der Waals surface area contributed by atoms with Gasteiger partial charge in [0.1, 0.15) is 12.4 Å². The topological polar surface area (TPSA) is 56.1 Å². The summed E-state index contributed by atoms with van der Waals surface area (Å²) in [6, 6.07) is 14.8. The number of ether oxygens (including phenoxy) is 1. The number of hydrogen-bond acceptors (Lipinski definition) is 5. The molecule has 0 N–H and O–H groups in total. The SMILES string of the molecule is COCc1nc([C@H]2CCCCN2Cc2ccccc2)n(-c2cccnc2)n1. The molecule has 1 aliphatic rings. The number of hydrogen-bond donors (Lipinski definition) is 0. The number of piperidine rings is 1. The summed E-state index contributed by atoms with van der Waals surface area (Å²) < 4.78 is 7.21. The van der Waals surface area contributed by atoms with Crippen LogP contribution >= 0.6 is 0 Å². The van der Waals surface area contributed by atoms with Gasteiger partial charge in [0, 0.05) is 19.9 Å². The van der Waals surface area contributed by atoms with Crippen LogP contribution in [0.5, 0.6) is 0 Å². The second kappa shape index (κ2) is 8.41. The van der Waals surface area contributed by atoms with Crippen LogP contribution in [0.1, 0.15) is 42.5 Å². The Morgan fingerprint density at radius 1 is 1.11 bits per heavy atom. The first kappa shape index (κ1) is 17.8. The summed E-state index contributed by atoms with van der Waals surface area (Å²) in [5.74, 6) is 1.69. The van der Waals surface area contributed by atoms with Gasteiger partial charge in [-0.05, 0) is 37.1 Å². The van der Waals surface area contributed by atoms with E-state index in [2.05, 4.69) is 40.2 Å². The lowest BCUT2D eigenvalue weighted by Gasteiger charge is -2.35. The van der Waals surface area contributed by atoms with E-state index < -0.39 is 0 Å². The molecule has 2 aromatic heterocycles. The lowest BCUT2D eigenvalue weighted by atomic mass is 10.00. The predicted molar refractivity (Wildman–Crippen MR) is 103 cm³/mol. The molecule has 0 bridgehead atoms. The van der Waals surface area contributed by atoms with E-state index in [4.69, 9.17) is 14.8 Å². The maximum absolute atomic E-state index is 5.27. The molecule has 6 nitrogen and oxygen atoms in total. The molecule has 0 amide bonds. The molecular formula is C21H25N5O. The molecule has 27 heavy (non-hydrogen) atoms. The number of nitrogens with zero attached hydrogens (tertiary/aromatic N) is 5. The van der Waals surface area contributed by atoms with Crippen LogP contribution in [0.2, 0.25) is 0 Å². The van der Waals surface area contributed by atoms with Crippen LogP contribution in [0.25, 0.3) is 5.69 Å². The van der Waals surface area contributed by atoms with E-state index in [-0.39, 0.29) is 6.04 Å². The fourth-order valence-corrected chi connectivity index (χ4v) is 3.73. The summed E-state index contributed by atoms with van der Waals surface area (Å²) in [6.45, 7) is 2.40. The Labute approximate surface area is 159 Å². The van der Waals surface area contributed by atoms with Crippen molar-refractivity contribution in [2.45, 2.75) is 38.5 Å². The van der Waals surface area contributed by atoms with Crippen LogP contribution in [0.3, 0.4) is 0 Å².